The van der Waals surface area contributed by atoms with E-state index in [4.69, 9.17) is 9.47 Å². The van der Waals surface area contributed by atoms with Gasteiger partial charge in [0.2, 0.25) is 0 Å². The van der Waals surface area contributed by atoms with Gasteiger partial charge in [0, 0.05) is 12.2 Å². The molecule has 0 spiro atoms. The number of amides is 1. The first-order valence-electron chi connectivity index (χ1n) is 9.50. The lowest BCUT2D eigenvalue weighted by Gasteiger charge is -2.17. The number of hydrogen-bond donors (Lipinski definition) is 1. The summed E-state index contributed by atoms with van der Waals surface area (Å²) in [6.07, 6.45) is 0. The number of hydrogen-bond acceptors (Lipinski definition) is 5. The molecule has 1 amide bonds. The van der Waals surface area contributed by atoms with Gasteiger partial charge in [-0.25, -0.2) is 4.79 Å². The van der Waals surface area contributed by atoms with Crippen LogP contribution in [0.2, 0.25) is 0 Å². The highest BCUT2D eigenvalue weighted by Crippen LogP contribution is 2.13. The van der Waals surface area contributed by atoms with Crippen molar-refractivity contribution in [2.75, 3.05) is 38.2 Å². The smallest absolute Gasteiger partial charge is 0.338 e. The lowest BCUT2D eigenvalue weighted by molar-refractivity contribution is -0.118. The maximum absolute atomic E-state index is 12.1. The Morgan fingerprint density at radius 3 is 2.21 bits per heavy atom. The summed E-state index contributed by atoms with van der Waals surface area (Å²) >= 11 is 0. The number of esters is 1. The molecule has 2 aromatic rings. The molecular weight excluding hydrogens is 356 g/mol. The Balaban J connectivity index is 1.77. The van der Waals surface area contributed by atoms with Gasteiger partial charge in [-0.05, 0) is 56.4 Å². The molecule has 0 radical (unpaired) electrons. The molecule has 0 fully saturated rings. The third kappa shape index (κ3) is 7.04. The summed E-state index contributed by atoms with van der Waals surface area (Å²) in [7, 11) is 0. The second-order valence-corrected chi connectivity index (χ2v) is 6.39. The average Bonchev–Trinajstić information content (AvgIpc) is 2.71. The van der Waals surface area contributed by atoms with Gasteiger partial charge in [-0.1, -0.05) is 31.5 Å². The Morgan fingerprint density at radius 1 is 0.964 bits per heavy atom. The third-order valence-corrected chi connectivity index (χ3v) is 4.33. The zero-order valence-electron chi connectivity index (χ0n) is 16.7. The summed E-state index contributed by atoms with van der Waals surface area (Å²) < 4.78 is 10.7. The Bertz CT molecular complexity index is 753. The van der Waals surface area contributed by atoms with E-state index in [-0.39, 0.29) is 18.5 Å². The standard InChI is InChI=1S/C22H28N2O4/c1-4-24(5-2)14-15-27-22(26)18-8-10-19(11-9-18)23-21(25)16-28-20-12-6-17(3)7-13-20/h6-13H,4-5,14-16H2,1-3H3,(H,23,25). The molecule has 150 valence electrons. The fourth-order valence-electron chi connectivity index (χ4n) is 2.56. The number of anilines is 1. The number of benzene rings is 2. The fraction of sp³-hybridized carbons (Fsp3) is 0.364. The van der Waals surface area contributed by atoms with E-state index in [0.717, 1.165) is 18.7 Å². The van der Waals surface area contributed by atoms with Crippen molar-refractivity contribution in [3.05, 3.63) is 59.7 Å². The summed E-state index contributed by atoms with van der Waals surface area (Å²) in [5.74, 6) is 0.00594. The minimum Gasteiger partial charge on any atom is -0.484 e. The average molecular weight is 384 g/mol. The molecule has 0 aliphatic heterocycles. The van der Waals surface area contributed by atoms with E-state index in [1.54, 1.807) is 24.3 Å². The van der Waals surface area contributed by atoms with E-state index >= 15 is 0 Å². The van der Waals surface area contributed by atoms with E-state index in [2.05, 4.69) is 24.1 Å². The third-order valence-electron chi connectivity index (χ3n) is 4.33. The Morgan fingerprint density at radius 2 is 1.61 bits per heavy atom. The summed E-state index contributed by atoms with van der Waals surface area (Å²) in [5.41, 5.74) is 2.18. The molecule has 0 atom stereocenters. The van der Waals surface area contributed by atoms with Gasteiger partial charge in [-0.2, -0.15) is 0 Å². The normalized spacial score (nSPS) is 10.6. The lowest BCUT2D eigenvalue weighted by Crippen LogP contribution is -2.27. The van der Waals surface area contributed by atoms with Crippen LogP contribution in [0.5, 0.6) is 5.75 Å². The Hall–Kier alpha value is -2.86. The van der Waals surface area contributed by atoms with Crippen LogP contribution < -0.4 is 10.1 Å². The topological polar surface area (TPSA) is 67.9 Å². The van der Waals surface area contributed by atoms with Crippen LogP contribution in [-0.4, -0.2) is 49.6 Å². The zero-order chi connectivity index (χ0) is 20.4. The second kappa shape index (κ2) is 11.1. The Kier molecular flexibility index (Phi) is 8.49. The largest absolute Gasteiger partial charge is 0.484 e. The number of nitrogens with one attached hydrogen (secondary N) is 1. The summed E-state index contributed by atoms with van der Waals surface area (Å²) in [6, 6.07) is 14.1. The van der Waals surface area contributed by atoms with Gasteiger partial charge < -0.3 is 19.7 Å². The first-order chi connectivity index (χ1) is 13.5. The van der Waals surface area contributed by atoms with Crippen LogP contribution in [-0.2, 0) is 9.53 Å². The number of carbonyl (C=O) groups is 2. The van der Waals surface area contributed by atoms with Crippen LogP contribution in [0.15, 0.2) is 48.5 Å². The van der Waals surface area contributed by atoms with E-state index in [1.807, 2.05) is 31.2 Å². The molecule has 6 nitrogen and oxygen atoms in total. The lowest BCUT2D eigenvalue weighted by atomic mass is 10.2. The Labute approximate surface area is 166 Å². The highest BCUT2D eigenvalue weighted by atomic mass is 16.5. The predicted molar refractivity (Wildman–Crippen MR) is 110 cm³/mol. The number of carbonyl (C=O) groups excluding carboxylic acids is 2. The van der Waals surface area contributed by atoms with Crippen LogP contribution >= 0.6 is 0 Å². The molecule has 1 N–H and O–H groups in total. The minimum absolute atomic E-state index is 0.0851. The summed E-state index contributed by atoms with van der Waals surface area (Å²) in [5, 5.41) is 2.74. The van der Waals surface area contributed by atoms with Crippen molar-refractivity contribution in [3.8, 4) is 5.75 Å². The fourth-order valence-corrected chi connectivity index (χ4v) is 2.56. The summed E-state index contributed by atoms with van der Waals surface area (Å²) in [4.78, 5) is 26.3. The molecule has 0 unspecified atom stereocenters. The van der Waals surface area contributed by atoms with Crippen molar-refractivity contribution < 1.29 is 19.1 Å². The first kappa shape index (κ1) is 21.4. The van der Waals surface area contributed by atoms with Gasteiger partial charge in [-0.15, -0.1) is 0 Å². The quantitative estimate of drug-likeness (QED) is 0.635. The van der Waals surface area contributed by atoms with E-state index < -0.39 is 0 Å². The molecule has 0 aliphatic rings. The van der Waals surface area contributed by atoms with Crippen molar-refractivity contribution in [1.82, 2.24) is 4.90 Å². The highest BCUT2D eigenvalue weighted by Gasteiger charge is 2.09. The number of likely N-dealkylation sites (N-methyl/N-ethyl adjacent to an activating group) is 1. The van der Waals surface area contributed by atoms with Gasteiger partial charge in [0.15, 0.2) is 6.61 Å². The molecule has 0 saturated heterocycles. The van der Waals surface area contributed by atoms with Crippen molar-refractivity contribution in [1.29, 1.82) is 0 Å². The van der Waals surface area contributed by atoms with Crippen LogP contribution in [0.1, 0.15) is 29.8 Å². The zero-order valence-corrected chi connectivity index (χ0v) is 16.7. The minimum atomic E-state index is -0.368. The van der Waals surface area contributed by atoms with Gasteiger partial charge in [-0.3, -0.25) is 4.79 Å². The van der Waals surface area contributed by atoms with Gasteiger partial charge in [0.05, 0.1) is 5.56 Å². The number of ether oxygens (including phenoxy) is 2. The molecule has 0 aliphatic carbocycles. The highest BCUT2D eigenvalue weighted by molar-refractivity contribution is 5.93. The molecule has 2 aromatic carbocycles. The van der Waals surface area contributed by atoms with Gasteiger partial charge >= 0.3 is 5.97 Å². The number of nitrogens with zero attached hydrogens (tertiary/aromatic N) is 1. The predicted octanol–water partition coefficient (Wildman–Crippen LogP) is 3.51. The van der Waals surface area contributed by atoms with E-state index in [1.165, 1.54) is 0 Å². The molecule has 6 heteroatoms. The molecule has 2 rings (SSSR count). The molecule has 0 saturated carbocycles. The summed E-state index contributed by atoms with van der Waals surface area (Å²) in [6.45, 7) is 8.98. The first-order valence-corrected chi connectivity index (χ1v) is 9.50. The number of rotatable bonds is 10. The molecule has 28 heavy (non-hydrogen) atoms. The van der Waals surface area contributed by atoms with E-state index in [9.17, 15) is 9.59 Å². The molecule has 0 bridgehead atoms. The maximum atomic E-state index is 12.1. The van der Waals surface area contributed by atoms with Crippen molar-refractivity contribution in [2.45, 2.75) is 20.8 Å². The maximum Gasteiger partial charge on any atom is 0.338 e. The van der Waals surface area contributed by atoms with E-state index in [0.29, 0.717) is 30.2 Å². The monoisotopic (exact) mass is 384 g/mol. The second-order valence-electron chi connectivity index (χ2n) is 6.39. The van der Waals surface area contributed by atoms with Crippen molar-refractivity contribution in [2.24, 2.45) is 0 Å². The SMILES string of the molecule is CCN(CC)CCOC(=O)c1ccc(NC(=O)COc2ccc(C)cc2)cc1. The number of aryl methyl sites for hydroxylation is 1. The van der Waals surface area contributed by atoms with Crippen LogP contribution in [0.3, 0.4) is 0 Å². The van der Waals surface area contributed by atoms with Crippen molar-refractivity contribution >= 4 is 17.6 Å². The van der Waals surface area contributed by atoms with Gasteiger partial charge in [0.1, 0.15) is 12.4 Å². The van der Waals surface area contributed by atoms with Crippen LogP contribution in [0.25, 0.3) is 0 Å². The molecular formula is C22H28N2O4. The van der Waals surface area contributed by atoms with Gasteiger partial charge in [0.25, 0.3) is 5.91 Å². The molecule has 0 aromatic heterocycles. The van der Waals surface area contributed by atoms with Crippen LogP contribution in [0.4, 0.5) is 5.69 Å². The van der Waals surface area contributed by atoms with Crippen LogP contribution in [0, 0.1) is 6.92 Å². The van der Waals surface area contributed by atoms with Crippen molar-refractivity contribution in [3.63, 3.8) is 0 Å². The molecule has 0 heterocycles.